The Balaban J connectivity index is 2.62. The molecule has 0 aliphatic carbocycles. The lowest BCUT2D eigenvalue weighted by Crippen LogP contribution is -2.36. The van der Waals surface area contributed by atoms with Crippen LogP contribution in [0.5, 0.6) is 0 Å². The zero-order valence-electron chi connectivity index (χ0n) is 6.54. The Morgan fingerprint density at radius 2 is 2.45 bits per heavy atom. The molecule has 1 heterocycles. The minimum absolute atomic E-state index is 0.0807. The Kier molecular flexibility index (Phi) is 2.29. The highest BCUT2D eigenvalue weighted by Crippen LogP contribution is 2.22. The van der Waals surface area contributed by atoms with Gasteiger partial charge >= 0.3 is 5.97 Å². The van der Waals surface area contributed by atoms with Crippen molar-refractivity contribution < 1.29 is 14.6 Å². The number of rotatable bonds is 1. The Hall–Kier alpha value is -0.830. The van der Waals surface area contributed by atoms with Gasteiger partial charge in [-0.05, 0) is 6.92 Å². The van der Waals surface area contributed by atoms with Gasteiger partial charge in [0.25, 0.3) is 0 Å². The fourth-order valence-electron chi connectivity index (χ4n) is 1.18. The first-order valence-electron chi connectivity index (χ1n) is 3.68. The van der Waals surface area contributed by atoms with Crippen molar-refractivity contribution in [2.45, 2.75) is 25.4 Å². The average Bonchev–Trinajstić information content (AvgIpc) is 1.86. The van der Waals surface area contributed by atoms with Crippen molar-refractivity contribution >= 4 is 5.97 Å². The van der Waals surface area contributed by atoms with E-state index >= 15 is 0 Å². The second-order valence-corrected chi connectivity index (χ2v) is 2.75. The number of esters is 1. The summed E-state index contributed by atoms with van der Waals surface area (Å²) in [5.41, 5.74) is -0.954. The molecule has 0 spiro atoms. The summed E-state index contributed by atoms with van der Waals surface area (Å²) in [6.45, 7) is 2.14. The summed E-state index contributed by atoms with van der Waals surface area (Å²) >= 11 is 0. The Morgan fingerprint density at radius 1 is 1.73 bits per heavy atom. The molecular formula is C8H12O3. The van der Waals surface area contributed by atoms with Crippen LogP contribution in [-0.4, -0.2) is 23.3 Å². The number of aliphatic hydroxyl groups is 1. The van der Waals surface area contributed by atoms with E-state index in [0.717, 1.165) is 0 Å². The molecule has 1 N–H and O–H groups in total. The van der Waals surface area contributed by atoms with Crippen molar-refractivity contribution in [1.82, 2.24) is 0 Å². The fourth-order valence-corrected chi connectivity index (χ4v) is 1.18. The van der Waals surface area contributed by atoms with Gasteiger partial charge in [-0.15, -0.1) is 0 Å². The van der Waals surface area contributed by atoms with Crippen LogP contribution in [-0.2, 0) is 9.53 Å². The zero-order valence-corrected chi connectivity index (χ0v) is 6.54. The van der Waals surface area contributed by atoms with Crippen molar-refractivity contribution in [1.29, 1.82) is 0 Å². The van der Waals surface area contributed by atoms with Gasteiger partial charge < -0.3 is 9.84 Å². The van der Waals surface area contributed by atoms with E-state index in [4.69, 9.17) is 0 Å². The molecule has 1 aliphatic heterocycles. The predicted octanol–water partition coefficient (Wildman–Crippen LogP) is 0.631. The second kappa shape index (κ2) is 3.05. The van der Waals surface area contributed by atoms with Crippen molar-refractivity contribution in [2.75, 3.05) is 6.61 Å². The first-order chi connectivity index (χ1) is 5.16. The minimum Gasteiger partial charge on any atom is -0.465 e. The maximum Gasteiger partial charge on any atom is 0.309 e. The van der Waals surface area contributed by atoms with Gasteiger partial charge in [0.2, 0.25) is 0 Å². The van der Waals surface area contributed by atoms with Crippen LogP contribution in [0.3, 0.4) is 0 Å². The van der Waals surface area contributed by atoms with Gasteiger partial charge in [-0.1, -0.05) is 12.2 Å². The Bertz CT molecular complexity index is 186. The van der Waals surface area contributed by atoms with Crippen molar-refractivity contribution in [3.63, 3.8) is 0 Å². The molecule has 0 aromatic carbocycles. The van der Waals surface area contributed by atoms with Crippen LogP contribution in [0.2, 0.25) is 0 Å². The number of carbonyl (C=O) groups is 1. The largest absolute Gasteiger partial charge is 0.465 e. The van der Waals surface area contributed by atoms with E-state index in [1.807, 2.05) is 6.92 Å². The molecule has 0 bridgehead atoms. The quantitative estimate of drug-likeness (QED) is 0.447. The average molecular weight is 156 g/mol. The number of cyclic esters (lactones) is 1. The van der Waals surface area contributed by atoms with E-state index in [2.05, 4.69) is 4.74 Å². The zero-order chi connectivity index (χ0) is 8.32. The van der Waals surface area contributed by atoms with E-state index in [9.17, 15) is 9.90 Å². The number of hydrogen-bond donors (Lipinski definition) is 1. The van der Waals surface area contributed by atoms with Crippen LogP contribution in [0.1, 0.15) is 19.8 Å². The lowest BCUT2D eigenvalue weighted by Gasteiger charge is -2.27. The summed E-state index contributed by atoms with van der Waals surface area (Å²) in [6.07, 6.45) is 3.98. The van der Waals surface area contributed by atoms with E-state index < -0.39 is 5.60 Å². The molecule has 0 saturated carbocycles. The summed E-state index contributed by atoms with van der Waals surface area (Å²) < 4.78 is 4.69. The van der Waals surface area contributed by atoms with Crippen LogP contribution in [0, 0.1) is 0 Å². The van der Waals surface area contributed by atoms with Gasteiger partial charge in [0.05, 0.1) is 18.6 Å². The standard InChI is InChI=1S/C8H12O3/c1-2-3-8(10)4-5-11-7(9)6-8/h2-3,10H,4-6H2,1H3/b3-2+/t8-/m0/s1. The number of carbonyl (C=O) groups excluding carboxylic acids is 1. The van der Waals surface area contributed by atoms with Crippen LogP contribution >= 0.6 is 0 Å². The van der Waals surface area contributed by atoms with Crippen LogP contribution in [0.25, 0.3) is 0 Å². The molecule has 11 heavy (non-hydrogen) atoms. The highest BCUT2D eigenvalue weighted by molar-refractivity contribution is 5.72. The number of allylic oxidation sites excluding steroid dienone is 1. The van der Waals surface area contributed by atoms with Gasteiger partial charge in [-0.25, -0.2) is 0 Å². The van der Waals surface area contributed by atoms with Gasteiger partial charge in [-0.2, -0.15) is 0 Å². The maximum absolute atomic E-state index is 10.7. The van der Waals surface area contributed by atoms with Gasteiger partial charge in [-0.3, -0.25) is 4.79 Å². The summed E-state index contributed by atoms with van der Waals surface area (Å²) in [7, 11) is 0. The SMILES string of the molecule is C/C=C/[C@]1(O)CCOC(=O)C1. The molecule has 1 aliphatic rings. The first kappa shape index (κ1) is 8.27. The van der Waals surface area contributed by atoms with Crippen molar-refractivity contribution in [2.24, 2.45) is 0 Å². The molecular weight excluding hydrogens is 144 g/mol. The highest BCUT2D eigenvalue weighted by atomic mass is 16.5. The molecule has 0 amide bonds. The third-order valence-corrected chi connectivity index (χ3v) is 1.73. The monoisotopic (exact) mass is 156 g/mol. The van der Waals surface area contributed by atoms with Gasteiger partial charge in [0.15, 0.2) is 0 Å². The smallest absolute Gasteiger partial charge is 0.309 e. The third-order valence-electron chi connectivity index (χ3n) is 1.73. The first-order valence-corrected chi connectivity index (χ1v) is 3.68. The molecule has 0 aromatic rings. The lowest BCUT2D eigenvalue weighted by atomic mass is 9.94. The molecule has 62 valence electrons. The lowest BCUT2D eigenvalue weighted by molar-refractivity contribution is -0.155. The van der Waals surface area contributed by atoms with E-state index in [-0.39, 0.29) is 12.4 Å². The minimum atomic E-state index is -0.954. The van der Waals surface area contributed by atoms with Gasteiger partial charge in [0, 0.05) is 6.42 Å². The molecule has 1 rings (SSSR count). The summed E-state index contributed by atoms with van der Waals surface area (Å²) in [5, 5.41) is 9.65. The Morgan fingerprint density at radius 3 is 3.00 bits per heavy atom. The molecule has 1 fully saturated rings. The number of ether oxygens (including phenoxy) is 1. The maximum atomic E-state index is 10.7. The summed E-state index contributed by atoms with van der Waals surface area (Å²) in [4.78, 5) is 10.7. The topological polar surface area (TPSA) is 46.5 Å². The molecule has 1 saturated heterocycles. The van der Waals surface area contributed by atoms with E-state index in [1.54, 1.807) is 12.2 Å². The predicted molar refractivity (Wildman–Crippen MR) is 40.0 cm³/mol. The molecule has 0 unspecified atom stereocenters. The molecule has 3 heteroatoms. The fraction of sp³-hybridized carbons (Fsp3) is 0.625. The van der Waals surface area contributed by atoms with E-state index in [0.29, 0.717) is 13.0 Å². The molecule has 3 nitrogen and oxygen atoms in total. The third kappa shape index (κ3) is 2.05. The van der Waals surface area contributed by atoms with Crippen molar-refractivity contribution in [3.05, 3.63) is 12.2 Å². The molecule has 0 aromatic heterocycles. The van der Waals surface area contributed by atoms with Crippen LogP contribution in [0.15, 0.2) is 12.2 Å². The second-order valence-electron chi connectivity index (χ2n) is 2.75. The summed E-state index contributed by atoms with van der Waals surface area (Å²) in [5.74, 6) is -0.322. The van der Waals surface area contributed by atoms with Crippen LogP contribution in [0.4, 0.5) is 0 Å². The van der Waals surface area contributed by atoms with Gasteiger partial charge in [0.1, 0.15) is 0 Å². The normalized spacial score (nSPS) is 32.4. The number of hydrogen-bond acceptors (Lipinski definition) is 3. The van der Waals surface area contributed by atoms with Crippen LogP contribution < -0.4 is 0 Å². The Labute approximate surface area is 65.7 Å². The molecule has 1 atom stereocenters. The van der Waals surface area contributed by atoms with Crippen molar-refractivity contribution in [3.8, 4) is 0 Å². The van der Waals surface area contributed by atoms with E-state index in [1.165, 1.54) is 0 Å². The summed E-state index contributed by atoms with van der Waals surface area (Å²) in [6, 6.07) is 0. The highest BCUT2D eigenvalue weighted by Gasteiger charge is 2.31. The molecule has 0 radical (unpaired) electrons.